The number of amides is 1. The zero-order valence-electron chi connectivity index (χ0n) is 13.8. The number of hydrogen-bond acceptors (Lipinski definition) is 4. The Morgan fingerprint density at radius 1 is 1.20 bits per heavy atom. The summed E-state index contributed by atoms with van der Waals surface area (Å²) in [6, 6.07) is 14.4. The van der Waals surface area contributed by atoms with Crippen molar-refractivity contribution in [1.29, 1.82) is 0 Å². The summed E-state index contributed by atoms with van der Waals surface area (Å²) in [7, 11) is 1.73. The van der Waals surface area contributed by atoms with Gasteiger partial charge in [-0.1, -0.05) is 18.2 Å². The number of fused-ring (bicyclic) bond motifs is 1. The Bertz CT molecular complexity index is 772. The van der Waals surface area contributed by atoms with Crippen molar-refractivity contribution in [3.05, 3.63) is 54.1 Å². The molecule has 1 unspecified atom stereocenters. The lowest BCUT2D eigenvalue weighted by Gasteiger charge is -2.28. The highest BCUT2D eigenvalue weighted by atomic mass is 16.5. The van der Waals surface area contributed by atoms with Gasteiger partial charge in [-0.3, -0.25) is 4.79 Å². The number of aliphatic carboxylic acids is 1. The summed E-state index contributed by atoms with van der Waals surface area (Å²) in [5.41, 5.74) is 1.63. The van der Waals surface area contributed by atoms with E-state index in [-0.39, 0.29) is 11.8 Å². The molecule has 0 radical (unpaired) electrons. The maximum Gasteiger partial charge on any atom is 0.341 e. The third kappa shape index (κ3) is 3.74. The predicted molar refractivity (Wildman–Crippen MR) is 92.3 cm³/mol. The molecule has 0 spiro atoms. The molecule has 1 heterocycles. The molecule has 2 aromatic rings. The molecule has 0 fully saturated rings. The summed E-state index contributed by atoms with van der Waals surface area (Å²) in [5, 5.41) is 8.63. The molecular formula is C19H19NO5. The molecule has 0 saturated heterocycles. The molecule has 2 aromatic carbocycles. The lowest BCUT2D eigenvalue weighted by atomic mass is 9.92. The van der Waals surface area contributed by atoms with Crippen molar-refractivity contribution in [3.63, 3.8) is 0 Å². The number of nitrogens with zero attached hydrogens (tertiary/aromatic N) is 1. The second-order valence-corrected chi connectivity index (χ2v) is 5.80. The molecule has 1 N–H and O–H groups in total. The van der Waals surface area contributed by atoms with Crippen molar-refractivity contribution in [3.8, 4) is 11.5 Å². The molecule has 1 amide bonds. The maximum absolute atomic E-state index is 12.9. The van der Waals surface area contributed by atoms with Gasteiger partial charge in [-0.2, -0.15) is 0 Å². The van der Waals surface area contributed by atoms with E-state index in [1.54, 1.807) is 36.2 Å². The van der Waals surface area contributed by atoms with Crippen LogP contribution in [0.3, 0.4) is 0 Å². The zero-order valence-corrected chi connectivity index (χ0v) is 13.8. The highest BCUT2D eigenvalue weighted by Gasteiger charge is 2.30. The molecule has 0 aromatic heterocycles. The number of benzene rings is 2. The Labute approximate surface area is 145 Å². The van der Waals surface area contributed by atoms with Crippen LogP contribution in [-0.2, 0) is 9.59 Å². The van der Waals surface area contributed by atoms with Crippen molar-refractivity contribution in [2.24, 2.45) is 0 Å². The molecule has 130 valence electrons. The number of likely N-dealkylation sites (N-methyl/N-ethyl adjacent to an activating group) is 1. The topological polar surface area (TPSA) is 76.1 Å². The van der Waals surface area contributed by atoms with Gasteiger partial charge in [0.2, 0.25) is 5.91 Å². The van der Waals surface area contributed by atoms with Crippen LogP contribution in [0.1, 0.15) is 17.9 Å². The minimum Gasteiger partial charge on any atom is -0.493 e. The minimum absolute atomic E-state index is 0.00467. The highest BCUT2D eigenvalue weighted by molar-refractivity contribution is 5.98. The lowest BCUT2D eigenvalue weighted by Crippen LogP contribution is -2.34. The molecular weight excluding hydrogens is 322 g/mol. The Morgan fingerprint density at radius 2 is 1.92 bits per heavy atom. The summed E-state index contributed by atoms with van der Waals surface area (Å²) >= 11 is 0. The molecule has 0 saturated carbocycles. The summed E-state index contributed by atoms with van der Waals surface area (Å²) in [5.74, 6) is -0.0660. The largest absolute Gasteiger partial charge is 0.493 e. The average Bonchev–Trinajstić information content (AvgIpc) is 2.65. The monoisotopic (exact) mass is 341 g/mol. The molecule has 1 aliphatic rings. The van der Waals surface area contributed by atoms with Gasteiger partial charge in [0.25, 0.3) is 0 Å². The number of para-hydroxylation sites is 1. The quantitative estimate of drug-likeness (QED) is 0.905. The van der Waals surface area contributed by atoms with Crippen LogP contribution < -0.4 is 14.4 Å². The standard InChI is InChI=1S/C19H19NO5/c1-20(13-6-8-14(9-7-13)25-12-18(21)22)19(23)16-10-11-24-17-5-3-2-4-15(16)17/h2-9,16H,10-12H2,1H3,(H,21,22). The summed E-state index contributed by atoms with van der Waals surface area (Å²) in [4.78, 5) is 25.1. The molecule has 25 heavy (non-hydrogen) atoms. The maximum atomic E-state index is 12.9. The van der Waals surface area contributed by atoms with Gasteiger partial charge in [-0.05, 0) is 36.8 Å². The summed E-state index contributed by atoms with van der Waals surface area (Å²) < 4.78 is 10.7. The number of rotatable bonds is 5. The van der Waals surface area contributed by atoms with Crippen molar-refractivity contribution in [1.82, 2.24) is 0 Å². The number of carboxylic acid groups (broad SMARTS) is 1. The van der Waals surface area contributed by atoms with Gasteiger partial charge < -0.3 is 19.5 Å². The van der Waals surface area contributed by atoms with Gasteiger partial charge in [0.1, 0.15) is 11.5 Å². The van der Waals surface area contributed by atoms with E-state index in [0.717, 1.165) is 17.0 Å². The Morgan fingerprint density at radius 3 is 2.64 bits per heavy atom. The van der Waals surface area contributed by atoms with Crippen molar-refractivity contribution in [2.45, 2.75) is 12.3 Å². The normalized spacial score (nSPS) is 15.6. The smallest absolute Gasteiger partial charge is 0.341 e. The third-order valence-electron chi connectivity index (χ3n) is 4.17. The molecule has 3 rings (SSSR count). The first-order valence-corrected chi connectivity index (χ1v) is 8.00. The SMILES string of the molecule is CN(C(=O)C1CCOc2ccccc21)c1ccc(OCC(=O)O)cc1. The van der Waals surface area contributed by atoms with Gasteiger partial charge in [-0.25, -0.2) is 4.79 Å². The van der Waals surface area contributed by atoms with Crippen LogP contribution in [0, 0.1) is 0 Å². The molecule has 6 heteroatoms. The van der Waals surface area contributed by atoms with Gasteiger partial charge >= 0.3 is 5.97 Å². The molecule has 0 bridgehead atoms. The van der Waals surface area contributed by atoms with Crippen LogP contribution in [0.15, 0.2) is 48.5 Å². The molecule has 1 aliphatic heterocycles. The second kappa shape index (κ2) is 7.25. The fourth-order valence-electron chi connectivity index (χ4n) is 2.87. The van der Waals surface area contributed by atoms with Gasteiger partial charge in [-0.15, -0.1) is 0 Å². The lowest BCUT2D eigenvalue weighted by molar-refractivity contribution is -0.139. The first-order chi connectivity index (χ1) is 12.1. The summed E-state index contributed by atoms with van der Waals surface area (Å²) in [6.45, 7) is 0.121. The molecule has 0 aliphatic carbocycles. The highest BCUT2D eigenvalue weighted by Crippen LogP contribution is 2.35. The van der Waals surface area contributed by atoms with E-state index in [9.17, 15) is 9.59 Å². The summed E-state index contributed by atoms with van der Waals surface area (Å²) in [6.07, 6.45) is 0.639. The molecule has 1 atom stereocenters. The first-order valence-electron chi connectivity index (χ1n) is 8.00. The number of anilines is 1. The number of hydrogen-bond donors (Lipinski definition) is 1. The Kier molecular flexibility index (Phi) is 4.88. The predicted octanol–water partition coefficient (Wildman–Crippen LogP) is 2.68. The van der Waals surface area contributed by atoms with Gasteiger partial charge in [0.15, 0.2) is 6.61 Å². The third-order valence-corrected chi connectivity index (χ3v) is 4.17. The fourth-order valence-corrected chi connectivity index (χ4v) is 2.87. The van der Waals surface area contributed by atoms with Gasteiger partial charge in [0, 0.05) is 18.3 Å². The zero-order chi connectivity index (χ0) is 17.8. The van der Waals surface area contributed by atoms with Crippen molar-refractivity contribution >= 4 is 17.6 Å². The molecule has 6 nitrogen and oxygen atoms in total. The Balaban J connectivity index is 1.74. The van der Waals surface area contributed by atoms with E-state index >= 15 is 0 Å². The minimum atomic E-state index is -1.03. The second-order valence-electron chi connectivity index (χ2n) is 5.80. The number of carbonyl (C=O) groups is 2. The van der Waals surface area contributed by atoms with Crippen LogP contribution in [0.2, 0.25) is 0 Å². The van der Waals surface area contributed by atoms with Crippen LogP contribution in [0.25, 0.3) is 0 Å². The first kappa shape index (κ1) is 16.8. The van der Waals surface area contributed by atoms with Crippen molar-refractivity contribution < 1.29 is 24.2 Å². The van der Waals surface area contributed by atoms with Gasteiger partial charge in [0.05, 0.1) is 12.5 Å². The van der Waals surface area contributed by atoms with E-state index in [2.05, 4.69) is 0 Å². The van der Waals surface area contributed by atoms with Crippen LogP contribution >= 0.6 is 0 Å². The number of ether oxygens (including phenoxy) is 2. The van der Waals surface area contributed by atoms with Crippen LogP contribution in [0.5, 0.6) is 11.5 Å². The fraction of sp³-hybridized carbons (Fsp3) is 0.263. The van der Waals surface area contributed by atoms with Crippen LogP contribution in [-0.4, -0.2) is 37.2 Å². The van der Waals surface area contributed by atoms with Crippen molar-refractivity contribution in [2.75, 3.05) is 25.2 Å². The Hall–Kier alpha value is -3.02. The van der Waals surface area contributed by atoms with E-state index < -0.39 is 12.6 Å². The number of carboxylic acids is 1. The van der Waals surface area contributed by atoms with Crippen LogP contribution in [0.4, 0.5) is 5.69 Å². The number of carbonyl (C=O) groups excluding carboxylic acids is 1. The average molecular weight is 341 g/mol. The van der Waals surface area contributed by atoms with E-state index in [1.807, 2.05) is 24.3 Å². The van der Waals surface area contributed by atoms with E-state index in [0.29, 0.717) is 18.8 Å². The van der Waals surface area contributed by atoms with E-state index in [1.165, 1.54) is 0 Å². The van der Waals surface area contributed by atoms with E-state index in [4.69, 9.17) is 14.6 Å².